The summed E-state index contributed by atoms with van der Waals surface area (Å²) in [5, 5.41) is 51.4. The van der Waals surface area contributed by atoms with Gasteiger partial charge in [0.15, 0.2) is 6.29 Å². The lowest BCUT2D eigenvalue weighted by Gasteiger charge is -2.62. The zero-order valence-electron chi connectivity index (χ0n) is 25.7. The van der Waals surface area contributed by atoms with Crippen LogP contribution in [0.4, 0.5) is 0 Å². The Bertz CT molecular complexity index is 1120. The zero-order valence-corrected chi connectivity index (χ0v) is 26.6. The highest BCUT2D eigenvalue weighted by atomic mass is 32.3. The van der Waals surface area contributed by atoms with E-state index in [1.54, 1.807) is 0 Å². The van der Waals surface area contributed by atoms with Gasteiger partial charge in [-0.1, -0.05) is 39.8 Å². The second-order valence-corrected chi connectivity index (χ2v) is 15.9. The van der Waals surface area contributed by atoms with Crippen LogP contribution in [0.5, 0.6) is 0 Å². The monoisotopic (exact) mass is 632 g/mol. The molecular formula is C31H52O11S. The summed E-state index contributed by atoms with van der Waals surface area (Å²) in [5.74, 6) is 0.251. The fourth-order valence-electron chi connectivity index (χ4n) is 10.2. The molecule has 1 saturated heterocycles. The van der Waals surface area contributed by atoms with Gasteiger partial charge in [0, 0.05) is 0 Å². The molecule has 0 bridgehead atoms. The van der Waals surface area contributed by atoms with E-state index in [1.807, 2.05) is 13.0 Å². The molecule has 43 heavy (non-hydrogen) atoms. The molecule has 1 heterocycles. The highest BCUT2D eigenvalue weighted by Gasteiger charge is 2.65. The van der Waals surface area contributed by atoms with Crippen molar-refractivity contribution in [2.75, 3.05) is 13.2 Å². The number of aliphatic hydroxyl groups is 5. The summed E-state index contributed by atoms with van der Waals surface area (Å²) in [6.07, 6.45) is 2.56. The molecule has 16 atom stereocenters. The van der Waals surface area contributed by atoms with E-state index < -0.39 is 53.3 Å². The Morgan fingerprint density at radius 1 is 0.907 bits per heavy atom. The van der Waals surface area contributed by atoms with E-state index in [0.29, 0.717) is 25.7 Å². The van der Waals surface area contributed by atoms with Crippen molar-refractivity contribution in [2.45, 2.75) is 116 Å². The molecule has 1 aliphatic heterocycles. The number of ether oxygens (including phenoxy) is 2. The van der Waals surface area contributed by atoms with E-state index in [4.69, 9.17) is 13.7 Å². The Labute approximate surface area is 255 Å². The van der Waals surface area contributed by atoms with Crippen LogP contribution in [0.15, 0.2) is 12.2 Å². The second-order valence-electron chi connectivity index (χ2n) is 14.9. The molecular weight excluding hydrogens is 580 g/mol. The molecule has 0 aromatic heterocycles. The van der Waals surface area contributed by atoms with Crippen molar-refractivity contribution < 1.29 is 52.2 Å². The highest BCUT2D eigenvalue weighted by molar-refractivity contribution is 7.80. The molecule has 248 valence electrons. The number of hydrogen-bond acceptors (Lipinski definition) is 10. The van der Waals surface area contributed by atoms with Crippen LogP contribution in [0, 0.1) is 52.3 Å². The van der Waals surface area contributed by atoms with Gasteiger partial charge in [-0.15, -0.1) is 0 Å². The summed E-state index contributed by atoms with van der Waals surface area (Å²) in [6, 6.07) is 0. The summed E-state index contributed by atoms with van der Waals surface area (Å²) in [4.78, 5) is 0. The molecule has 0 aromatic rings. The van der Waals surface area contributed by atoms with Crippen LogP contribution in [0.3, 0.4) is 0 Å². The highest BCUT2D eigenvalue weighted by Crippen LogP contribution is 2.68. The maximum atomic E-state index is 12.0. The van der Waals surface area contributed by atoms with Gasteiger partial charge >= 0.3 is 10.4 Å². The van der Waals surface area contributed by atoms with Gasteiger partial charge in [-0.25, -0.2) is 4.18 Å². The van der Waals surface area contributed by atoms with E-state index >= 15 is 0 Å². The first-order valence-electron chi connectivity index (χ1n) is 16.0. The summed E-state index contributed by atoms with van der Waals surface area (Å²) >= 11 is 0. The van der Waals surface area contributed by atoms with Crippen molar-refractivity contribution in [3.63, 3.8) is 0 Å². The van der Waals surface area contributed by atoms with Gasteiger partial charge in [-0.3, -0.25) is 4.55 Å². The average Bonchev–Trinajstić information content (AvgIpc) is 3.22. The topological polar surface area (TPSA) is 183 Å². The zero-order chi connectivity index (χ0) is 31.5. The number of allylic oxidation sites excluding steroid dienone is 1. The van der Waals surface area contributed by atoms with Crippen LogP contribution < -0.4 is 0 Å². The average molecular weight is 633 g/mol. The third kappa shape index (κ3) is 6.48. The fourth-order valence-corrected chi connectivity index (χ4v) is 10.7. The van der Waals surface area contributed by atoms with Crippen LogP contribution in [-0.4, -0.2) is 94.6 Å². The number of hydrogen-bond donors (Lipinski definition) is 6. The maximum absolute atomic E-state index is 12.0. The Morgan fingerprint density at radius 3 is 2.30 bits per heavy atom. The number of rotatable bonds is 8. The van der Waals surface area contributed by atoms with E-state index in [1.165, 1.54) is 0 Å². The summed E-state index contributed by atoms with van der Waals surface area (Å²) in [6.45, 7) is 8.63. The first kappa shape index (κ1) is 33.7. The van der Waals surface area contributed by atoms with Gasteiger partial charge in [0.1, 0.15) is 18.3 Å². The minimum atomic E-state index is -4.68. The van der Waals surface area contributed by atoms with Crippen LogP contribution in [0.1, 0.15) is 72.6 Å². The minimum Gasteiger partial charge on any atom is -0.393 e. The van der Waals surface area contributed by atoms with Crippen molar-refractivity contribution in [1.29, 1.82) is 0 Å². The first-order valence-corrected chi connectivity index (χ1v) is 17.4. The largest absolute Gasteiger partial charge is 0.397 e. The quantitative estimate of drug-likeness (QED) is 0.170. The Kier molecular flexibility index (Phi) is 9.79. The first-order chi connectivity index (χ1) is 20.0. The van der Waals surface area contributed by atoms with Crippen molar-refractivity contribution in [2.24, 2.45) is 52.3 Å². The molecule has 16 unspecified atom stereocenters. The Morgan fingerprint density at radius 2 is 1.60 bits per heavy atom. The summed E-state index contributed by atoms with van der Waals surface area (Å²) in [5.41, 5.74) is -0.414. The summed E-state index contributed by atoms with van der Waals surface area (Å²) in [7, 11) is -4.68. The van der Waals surface area contributed by atoms with E-state index in [0.717, 1.165) is 19.3 Å². The van der Waals surface area contributed by atoms with Crippen LogP contribution in [0.2, 0.25) is 0 Å². The fraction of sp³-hybridized carbons (Fsp3) is 0.935. The molecule has 6 N–H and O–H groups in total. The van der Waals surface area contributed by atoms with Gasteiger partial charge in [0.05, 0.1) is 31.5 Å². The van der Waals surface area contributed by atoms with Crippen molar-refractivity contribution >= 4 is 10.4 Å². The lowest BCUT2D eigenvalue weighted by Crippen LogP contribution is -2.59. The second kappa shape index (κ2) is 12.5. The van der Waals surface area contributed by atoms with Crippen molar-refractivity contribution in [1.82, 2.24) is 0 Å². The third-order valence-electron chi connectivity index (χ3n) is 12.3. The lowest BCUT2D eigenvalue weighted by molar-refractivity contribution is -0.271. The molecule has 4 aliphatic carbocycles. The van der Waals surface area contributed by atoms with E-state index in [9.17, 15) is 38.5 Å². The van der Waals surface area contributed by atoms with Gasteiger partial charge in [0.2, 0.25) is 0 Å². The van der Waals surface area contributed by atoms with Gasteiger partial charge in [0.25, 0.3) is 0 Å². The Balaban J connectivity index is 1.31. The molecule has 0 radical (unpaired) electrons. The lowest BCUT2D eigenvalue weighted by atomic mass is 9.43. The normalized spacial score (nSPS) is 50.1. The summed E-state index contributed by atoms with van der Waals surface area (Å²) < 4.78 is 50.3. The molecule has 4 saturated carbocycles. The molecule has 11 nitrogen and oxygen atoms in total. The standard InChI is InChI=1S/C31H52O11S/c1-16(14-40-29-28(36)27(35)24(34)15-41-29)5-6-17(2)21-13-25(42-43(37,38)39)26-19-12-23(33)22-11-18(32)7-9-30(22,3)20(19)8-10-31(21,26)4/h5-6,16-29,32-36H,7-15H2,1-4H3,(H,37,38,39). The minimum absolute atomic E-state index is 0.0130. The smallest absolute Gasteiger partial charge is 0.393 e. The molecule has 0 aromatic carbocycles. The molecule has 5 fully saturated rings. The molecule has 5 rings (SSSR count). The van der Waals surface area contributed by atoms with Crippen molar-refractivity contribution in [3.8, 4) is 0 Å². The van der Waals surface area contributed by atoms with Crippen LogP contribution in [-0.2, 0) is 24.1 Å². The molecule has 12 heteroatoms. The SMILES string of the molecule is CC(C=CC(C)C1CC(OS(=O)(=O)O)C2C3CC(O)C4CC(O)CCC4(C)C3CCC12C)COC1OCC(O)C(O)C1O. The van der Waals surface area contributed by atoms with E-state index in [2.05, 4.69) is 26.8 Å². The Hall–Kier alpha value is -0.670. The van der Waals surface area contributed by atoms with Crippen LogP contribution in [0.25, 0.3) is 0 Å². The van der Waals surface area contributed by atoms with Crippen LogP contribution >= 0.6 is 0 Å². The third-order valence-corrected chi connectivity index (χ3v) is 12.8. The number of fused-ring (bicyclic) bond motifs is 5. The van der Waals surface area contributed by atoms with Gasteiger partial charge in [-0.2, -0.15) is 8.42 Å². The van der Waals surface area contributed by atoms with Gasteiger partial charge in [-0.05, 0) is 97.2 Å². The molecule has 0 spiro atoms. The molecule has 5 aliphatic rings. The predicted molar refractivity (Wildman–Crippen MR) is 156 cm³/mol. The number of aliphatic hydroxyl groups excluding tert-OH is 5. The predicted octanol–water partition coefficient (Wildman–Crippen LogP) is 2.06. The maximum Gasteiger partial charge on any atom is 0.397 e. The molecule has 0 amide bonds. The van der Waals surface area contributed by atoms with Crippen molar-refractivity contribution in [3.05, 3.63) is 12.2 Å². The van der Waals surface area contributed by atoms with E-state index in [-0.39, 0.29) is 65.5 Å². The van der Waals surface area contributed by atoms with Gasteiger partial charge < -0.3 is 35.0 Å².